The molecular formula is C18H17N5O2S. The summed E-state index contributed by atoms with van der Waals surface area (Å²) in [5.74, 6) is 0.744. The molecule has 26 heavy (non-hydrogen) atoms. The fraction of sp³-hybridized carbons (Fsp3) is 0.278. The summed E-state index contributed by atoms with van der Waals surface area (Å²) in [6, 6.07) is 3.66. The van der Waals surface area contributed by atoms with Gasteiger partial charge in [-0.15, -0.1) is 11.3 Å². The number of fused-ring (bicyclic) bond motifs is 1. The van der Waals surface area contributed by atoms with Crippen LogP contribution in [0.1, 0.15) is 33.7 Å². The minimum absolute atomic E-state index is 0.213. The van der Waals surface area contributed by atoms with Gasteiger partial charge in [0.05, 0.1) is 19.3 Å². The monoisotopic (exact) mass is 367 g/mol. The molecule has 0 unspecified atom stereocenters. The molecule has 1 aliphatic carbocycles. The average Bonchev–Trinajstić information content (AvgIpc) is 3.34. The Morgan fingerprint density at radius 2 is 2.12 bits per heavy atom. The van der Waals surface area contributed by atoms with Crippen molar-refractivity contribution in [1.82, 2.24) is 25.3 Å². The van der Waals surface area contributed by atoms with Crippen LogP contribution in [0.4, 0.5) is 0 Å². The van der Waals surface area contributed by atoms with Gasteiger partial charge in [0.2, 0.25) is 5.88 Å². The first kappa shape index (κ1) is 16.6. The van der Waals surface area contributed by atoms with Crippen molar-refractivity contribution in [2.24, 2.45) is 0 Å². The van der Waals surface area contributed by atoms with E-state index in [1.165, 1.54) is 18.4 Å². The van der Waals surface area contributed by atoms with E-state index in [4.69, 9.17) is 4.74 Å². The van der Waals surface area contributed by atoms with E-state index in [0.717, 1.165) is 41.2 Å². The minimum Gasteiger partial charge on any atom is -0.480 e. The fourth-order valence-corrected chi connectivity index (χ4v) is 3.70. The molecule has 8 heteroatoms. The Kier molecular flexibility index (Phi) is 4.57. The third kappa shape index (κ3) is 3.28. The molecule has 0 spiro atoms. The summed E-state index contributed by atoms with van der Waals surface area (Å²) < 4.78 is 5.30. The second-order valence-electron chi connectivity index (χ2n) is 5.90. The summed E-state index contributed by atoms with van der Waals surface area (Å²) in [6.45, 7) is 0.322. The number of ether oxygens (including phenoxy) is 1. The number of methoxy groups -OCH3 is 1. The van der Waals surface area contributed by atoms with E-state index in [9.17, 15) is 4.79 Å². The summed E-state index contributed by atoms with van der Waals surface area (Å²) in [4.78, 5) is 29.9. The standard InChI is InChI=1S/C18H17N5O2S/c1-25-17-13(8-11-4-2-5-14(11)23-17)16(24)21-9-12-10-26-18(22-12)15-19-6-3-7-20-15/h3,6-8,10H,2,4-5,9H2,1H3,(H,21,24). The first-order chi connectivity index (χ1) is 12.7. The zero-order chi connectivity index (χ0) is 17.9. The van der Waals surface area contributed by atoms with Gasteiger partial charge in [-0.1, -0.05) is 0 Å². The van der Waals surface area contributed by atoms with Crippen molar-refractivity contribution in [2.75, 3.05) is 7.11 Å². The molecule has 0 aromatic carbocycles. The first-order valence-electron chi connectivity index (χ1n) is 8.31. The summed E-state index contributed by atoms with van der Waals surface area (Å²) in [5, 5.41) is 5.51. The van der Waals surface area contributed by atoms with Crippen LogP contribution in [-0.2, 0) is 19.4 Å². The Bertz CT molecular complexity index is 942. The molecule has 0 atom stereocenters. The maximum Gasteiger partial charge on any atom is 0.257 e. The summed E-state index contributed by atoms with van der Waals surface area (Å²) in [5.41, 5.74) is 3.40. The van der Waals surface area contributed by atoms with E-state index in [2.05, 4.69) is 25.3 Å². The number of carbonyl (C=O) groups is 1. The molecule has 0 fully saturated rings. The number of nitrogens with zero attached hydrogens (tertiary/aromatic N) is 4. The SMILES string of the molecule is COc1nc2c(cc1C(=O)NCc1csc(-c3ncccn3)n1)CCC2. The number of hydrogen-bond acceptors (Lipinski definition) is 7. The van der Waals surface area contributed by atoms with E-state index in [-0.39, 0.29) is 5.91 Å². The molecule has 3 aromatic rings. The first-order valence-corrected chi connectivity index (χ1v) is 9.19. The van der Waals surface area contributed by atoms with Gasteiger partial charge in [0.1, 0.15) is 5.56 Å². The van der Waals surface area contributed by atoms with Crippen LogP contribution in [0, 0.1) is 0 Å². The number of amides is 1. The highest BCUT2D eigenvalue weighted by atomic mass is 32.1. The highest BCUT2D eigenvalue weighted by Gasteiger charge is 2.21. The number of aromatic nitrogens is 4. The molecular weight excluding hydrogens is 350 g/mol. The zero-order valence-electron chi connectivity index (χ0n) is 14.2. The summed E-state index contributed by atoms with van der Waals surface area (Å²) in [6.07, 6.45) is 6.33. The lowest BCUT2D eigenvalue weighted by Crippen LogP contribution is -2.24. The van der Waals surface area contributed by atoms with Crippen LogP contribution in [0.15, 0.2) is 29.9 Å². The number of thiazole rings is 1. The van der Waals surface area contributed by atoms with Gasteiger partial charge < -0.3 is 10.1 Å². The van der Waals surface area contributed by atoms with Crippen LogP contribution in [0.25, 0.3) is 10.8 Å². The van der Waals surface area contributed by atoms with Crippen molar-refractivity contribution in [3.63, 3.8) is 0 Å². The average molecular weight is 367 g/mol. The van der Waals surface area contributed by atoms with Crippen molar-refractivity contribution < 1.29 is 9.53 Å². The van der Waals surface area contributed by atoms with Crippen LogP contribution < -0.4 is 10.1 Å². The van der Waals surface area contributed by atoms with Crippen molar-refractivity contribution in [3.8, 4) is 16.7 Å². The van der Waals surface area contributed by atoms with Gasteiger partial charge in [0.25, 0.3) is 5.91 Å². The Balaban J connectivity index is 1.47. The number of rotatable bonds is 5. The third-order valence-electron chi connectivity index (χ3n) is 4.19. The zero-order valence-corrected chi connectivity index (χ0v) is 15.0. The number of nitrogens with one attached hydrogen (secondary N) is 1. The van der Waals surface area contributed by atoms with Gasteiger partial charge in [0.15, 0.2) is 10.8 Å². The maximum atomic E-state index is 12.6. The predicted octanol–water partition coefficient (Wildman–Crippen LogP) is 2.42. The highest BCUT2D eigenvalue weighted by Crippen LogP contribution is 2.26. The molecule has 0 saturated heterocycles. The van der Waals surface area contributed by atoms with Crippen molar-refractivity contribution in [2.45, 2.75) is 25.8 Å². The molecule has 1 aliphatic rings. The second-order valence-corrected chi connectivity index (χ2v) is 6.76. The van der Waals surface area contributed by atoms with Gasteiger partial charge >= 0.3 is 0 Å². The predicted molar refractivity (Wildman–Crippen MR) is 97.1 cm³/mol. The number of aryl methyl sites for hydroxylation is 2. The molecule has 1 amide bonds. The molecule has 0 radical (unpaired) electrons. The summed E-state index contributed by atoms with van der Waals surface area (Å²) in [7, 11) is 1.53. The summed E-state index contributed by atoms with van der Waals surface area (Å²) >= 11 is 1.45. The van der Waals surface area contributed by atoms with E-state index in [0.29, 0.717) is 23.8 Å². The van der Waals surface area contributed by atoms with Gasteiger partial charge in [-0.25, -0.2) is 19.9 Å². The molecule has 7 nitrogen and oxygen atoms in total. The van der Waals surface area contributed by atoms with E-state index >= 15 is 0 Å². The molecule has 0 bridgehead atoms. The molecule has 0 saturated carbocycles. The van der Waals surface area contributed by atoms with Gasteiger partial charge in [-0.3, -0.25) is 4.79 Å². The molecule has 4 rings (SSSR count). The highest BCUT2D eigenvalue weighted by molar-refractivity contribution is 7.13. The van der Waals surface area contributed by atoms with Crippen LogP contribution >= 0.6 is 11.3 Å². The topological polar surface area (TPSA) is 89.9 Å². The van der Waals surface area contributed by atoms with Crippen molar-refractivity contribution >= 4 is 17.2 Å². The van der Waals surface area contributed by atoms with E-state index in [1.54, 1.807) is 18.5 Å². The molecule has 3 aromatic heterocycles. The Morgan fingerprint density at radius 1 is 1.27 bits per heavy atom. The normalized spacial score (nSPS) is 12.7. The van der Waals surface area contributed by atoms with Crippen molar-refractivity contribution in [1.29, 1.82) is 0 Å². The third-order valence-corrected chi connectivity index (χ3v) is 5.08. The Labute approximate surface area is 154 Å². The van der Waals surface area contributed by atoms with E-state index < -0.39 is 0 Å². The number of hydrogen-bond donors (Lipinski definition) is 1. The fourth-order valence-electron chi connectivity index (χ4n) is 2.94. The van der Waals surface area contributed by atoms with Crippen LogP contribution in [0.3, 0.4) is 0 Å². The lowest BCUT2D eigenvalue weighted by Gasteiger charge is -2.10. The van der Waals surface area contributed by atoms with Crippen LogP contribution in [0.2, 0.25) is 0 Å². The molecule has 132 valence electrons. The number of pyridine rings is 1. The minimum atomic E-state index is -0.213. The number of carbonyl (C=O) groups excluding carboxylic acids is 1. The second kappa shape index (κ2) is 7.17. The molecule has 1 N–H and O–H groups in total. The lowest BCUT2D eigenvalue weighted by atomic mass is 10.1. The maximum absolute atomic E-state index is 12.6. The van der Waals surface area contributed by atoms with Crippen LogP contribution in [0.5, 0.6) is 5.88 Å². The molecule has 3 heterocycles. The van der Waals surface area contributed by atoms with Crippen LogP contribution in [-0.4, -0.2) is 33.0 Å². The Hall–Kier alpha value is -2.87. The molecule has 0 aliphatic heterocycles. The van der Waals surface area contributed by atoms with Gasteiger partial charge in [-0.2, -0.15) is 0 Å². The quantitative estimate of drug-likeness (QED) is 0.745. The van der Waals surface area contributed by atoms with Crippen molar-refractivity contribution in [3.05, 3.63) is 52.4 Å². The largest absolute Gasteiger partial charge is 0.480 e. The van der Waals surface area contributed by atoms with E-state index in [1.807, 2.05) is 11.4 Å². The Morgan fingerprint density at radius 3 is 2.92 bits per heavy atom. The lowest BCUT2D eigenvalue weighted by molar-refractivity contribution is 0.0946. The van der Waals surface area contributed by atoms with Gasteiger partial charge in [0, 0.05) is 23.5 Å². The smallest absolute Gasteiger partial charge is 0.257 e. The van der Waals surface area contributed by atoms with Gasteiger partial charge in [-0.05, 0) is 37.0 Å².